The zero-order chi connectivity index (χ0) is 37.9. The number of benzene rings is 6. The molecule has 0 saturated carbocycles. The lowest BCUT2D eigenvalue weighted by atomic mass is 9.76. The number of rotatable bonds is 15. The summed E-state index contributed by atoms with van der Waals surface area (Å²) in [5.74, 6) is 0. The Morgan fingerprint density at radius 1 is 0.286 bits per heavy atom. The first-order valence-electron chi connectivity index (χ1n) is 20.6. The molecule has 0 radical (unpaired) electrons. The van der Waals surface area contributed by atoms with E-state index in [4.69, 9.17) is 0 Å². The van der Waals surface area contributed by atoms with Gasteiger partial charge in [0.05, 0.1) is 0 Å². The fraction of sp³-hybridized carbons (Fsp3) is 0.231. The van der Waals surface area contributed by atoms with E-state index in [-0.39, 0.29) is 0 Å². The molecule has 2 aliphatic carbocycles. The molecule has 4 N–H and O–H groups in total. The second-order valence-corrected chi connectivity index (χ2v) is 15.1. The van der Waals surface area contributed by atoms with Gasteiger partial charge in [0.15, 0.2) is 0 Å². The number of allylic oxidation sites excluding steroid dienone is 4. The normalized spacial score (nSPS) is 14.9. The van der Waals surface area contributed by atoms with Crippen molar-refractivity contribution in [1.29, 1.82) is 0 Å². The SMILES string of the molecule is c1ccc(C(NC2=C(NCCNC3=C(NC(c4ccccc4)(c4ccccc4)c4ccccc4)CCCC3)CCCC2)(c2ccccc2)c2ccccc2)cc1. The van der Waals surface area contributed by atoms with Crippen LogP contribution in [0.2, 0.25) is 0 Å². The van der Waals surface area contributed by atoms with E-state index in [0.717, 1.165) is 38.8 Å². The van der Waals surface area contributed by atoms with Crippen molar-refractivity contribution in [2.45, 2.75) is 62.4 Å². The summed E-state index contributed by atoms with van der Waals surface area (Å²) in [6.07, 6.45) is 8.85. The molecule has 6 aromatic carbocycles. The standard InChI is InChI=1S/C52H54N4/c1-7-23-41(24-8-1)51(42-25-9-2-10-26-42,43-27-11-3-12-28-43)55-49-37-21-19-35-47(49)53-39-40-54-48-36-20-22-38-50(48)56-52(44-29-13-4-14-30-44,45-31-15-5-16-32-45)46-33-17-6-18-34-46/h1-18,23-34,53-56H,19-22,35-40H2. The Labute approximate surface area is 333 Å². The molecule has 0 bridgehead atoms. The summed E-state index contributed by atoms with van der Waals surface area (Å²) in [6.45, 7) is 1.68. The zero-order valence-corrected chi connectivity index (χ0v) is 32.4. The summed E-state index contributed by atoms with van der Waals surface area (Å²) in [5.41, 5.74) is 11.6. The summed E-state index contributed by atoms with van der Waals surface area (Å²) in [5, 5.41) is 16.3. The van der Waals surface area contributed by atoms with Gasteiger partial charge in [0.2, 0.25) is 0 Å². The average Bonchev–Trinajstić information content (AvgIpc) is 3.29. The van der Waals surface area contributed by atoms with E-state index in [9.17, 15) is 0 Å². The molecule has 282 valence electrons. The van der Waals surface area contributed by atoms with Gasteiger partial charge >= 0.3 is 0 Å². The van der Waals surface area contributed by atoms with Gasteiger partial charge in [-0.15, -0.1) is 0 Å². The molecule has 0 aromatic heterocycles. The predicted molar refractivity (Wildman–Crippen MR) is 232 cm³/mol. The van der Waals surface area contributed by atoms with Gasteiger partial charge in [0.25, 0.3) is 0 Å². The molecule has 4 heteroatoms. The second kappa shape index (κ2) is 17.6. The molecule has 8 rings (SSSR count). The van der Waals surface area contributed by atoms with Crippen LogP contribution in [-0.4, -0.2) is 13.1 Å². The third kappa shape index (κ3) is 7.75. The van der Waals surface area contributed by atoms with Crippen molar-refractivity contribution in [3.8, 4) is 0 Å². The molecule has 0 fully saturated rings. The van der Waals surface area contributed by atoms with Gasteiger partial charge in [0, 0.05) is 35.9 Å². The molecule has 0 unspecified atom stereocenters. The Morgan fingerprint density at radius 2 is 0.500 bits per heavy atom. The van der Waals surface area contributed by atoms with E-state index in [1.54, 1.807) is 0 Å². The highest BCUT2D eigenvalue weighted by Gasteiger charge is 2.39. The summed E-state index contributed by atoms with van der Waals surface area (Å²) >= 11 is 0. The highest BCUT2D eigenvalue weighted by Crippen LogP contribution is 2.41. The fourth-order valence-corrected chi connectivity index (χ4v) is 8.92. The number of nitrogens with one attached hydrogen (secondary N) is 4. The van der Waals surface area contributed by atoms with Crippen LogP contribution in [0.4, 0.5) is 0 Å². The van der Waals surface area contributed by atoms with Crippen molar-refractivity contribution < 1.29 is 0 Å². The Hall–Kier alpha value is -6.00. The smallest absolute Gasteiger partial charge is 0.114 e. The second-order valence-electron chi connectivity index (χ2n) is 15.1. The van der Waals surface area contributed by atoms with Gasteiger partial charge < -0.3 is 21.3 Å². The van der Waals surface area contributed by atoms with Gasteiger partial charge in [-0.05, 0) is 84.7 Å². The van der Waals surface area contributed by atoms with E-state index < -0.39 is 11.1 Å². The van der Waals surface area contributed by atoms with Crippen LogP contribution < -0.4 is 21.3 Å². The quantitative estimate of drug-likeness (QED) is 0.0627. The summed E-state index contributed by atoms with van der Waals surface area (Å²) < 4.78 is 0. The average molecular weight is 735 g/mol. The lowest BCUT2D eigenvalue weighted by Gasteiger charge is -2.40. The van der Waals surface area contributed by atoms with Crippen molar-refractivity contribution in [3.05, 3.63) is 238 Å². The predicted octanol–water partition coefficient (Wildman–Crippen LogP) is 10.9. The highest BCUT2D eigenvalue weighted by molar-refractivity contribution is 5.52. The molecule has 0 aliphatic heterocycles. The number of hydrogen-bond acceptors (Lipinski definition) is 4. The molecule has 0 saturated heterocycles. The first-order valence-corrected chi connectivity index (χ1v) is 20.6. The van der Waals surface area contributed by atoms with Gasteiger partial charge in [-0.1, -0.05) is 182 Å². The minimum absolute atomic E-state index is 0.530. The Kier molecular flexibility index (Phi) is 11.6. The maximum absolute atomic E-state index is 4.22. The summed E-state index contributed by atoms with van der Waals surface area (Å²) in [7, 11) is 0. The highest BCUT2D eigenvalue weighted by atomic mass is 15.1. The van der Waals surface area contributed by atoms with E-state index in [1.165, 1.54) is 81.9 Å². The molecule has 2 aliphatic rings. The van der Waals surface area contributed by atoms with Crippen LogP contribution in [0.3, 0.4) is 0 Å². The fourth-order valence-electron chi connectivity index (χ4n) is 8.92. The maximum atomic E-state index is 4.22. The Balaban J connectivity index is 1.08. The summed E-state index contributed by atoms with van der Waals surface area (Å²) in [4.78, 5) is 0. The molecule has 4 nitrogen and oxygen atoms in total. The molecular formula is C52H54N4. The molecule has 0 spiro atoms. The van der Waals surface area contributed by atoms with Gasteiger partial charge in [-0.2, -0.15) is 0 Å². The largest absolute Gasteiger partial charge is 0.385 e. The summed E-state index contributed by atoms with van der Waals surface area (Å²) in [6, 6.07) is 65.7. The minimum Gasteiger partial charge on any atom is -0.385 e. The van der Waals surface area contributed by atoms with Crippen molar-refractivity contribution in [2.75, 3.05) is 13.1 Å². The zero-order valence-electron chi connectivity index (χ0n) is 32.4. The first-order chi connectivity index (χ1) is 27.8. The van der Waals surface area contributed by atoms with E-state index in [2.05, 4.69) is 203 Å². The van der Waals surface area contributed by atoms with E-state index in [1.807, 2.05) is 0 Å². The van der Waals surface area contributed by atoms with Crippen LogP contribution in [0.5, 0.6) is 0 Å². The van der Waals surface area contributed by atoms with E-state index in [0.29, 0.717) is 0 Å². The van der Waals surface area contributed by atoms with Crippen LogP contribution in [0.25, 0.3) is 0 Å². The lowest BCUT2D eigenvalue weighted by molar-refractivity contribution is 0.471. The van der Waals surface area contributed by atoms with Gasteiger partial charge in [-0.25, -0.2) is 0 Å². The van der Waals surface area contributed by atoms with Crippen LogP contribution in [-0.2, 0) is 11.1 Å². The molecule has 0 amide bonds. The first kappa shape index (κ1) is 36.9. The third-order valence-electron chi connectivity index (χ3n) is 11.7. The third-order valence-corrected chi connectivity index (χ3v) is 11.7. The van der Waals surface area contributed by atoms with Gasteiger partial charge in [0.1, 0.15) is 11.1 Å². The lowest BCUT2D eigenvalue weighted by Crippen LogP contribution is -2.46. The van der Waals surface area contributed by atoms with Crippen molar-refractivity contribution in [2.24, 2.45) is 0 Å². The monoisotopic (exact) mass is 734 g/mol. The minimum atomic E-state index is -0.530. The van der Waals surface area contributed by atoms with Crippen LogP contribution >= 0.6 is 0 Å². The number of hydrogen-bond donors (Lipinski definition) is 4. The molecule has 0 heterocycles. The van der Waals surface area contributed by atoms with Crippen molar-refractivity contribution >= 4 is 0 Å². The van der Waals surface area contributed by atoms with Crippen LogP contribution in [0.1, 0.15) is 84.7 Å². The molecular weight excluding hydrogens is 681 g/mol. The maximum Gasteiger partial charge on any atom is 0.114 e. The van der Waals surface area contributed by atoms with Crippen molar-refractivity contribution in [3.63, 3.8) is 0 Å². The topological polar surface area (TPSA) is 48.1 Å². The van der Waals surface area contributed by atoms with Gasteiger partial charge in [-0.3, -0.25) is 0 Å². The molecule has 56 heavy (non-hydrogen) atoms. The van der Waals surface area contributed by atoms with Crippen LogP contribution in [0.15, 0.2) is 205 Å². The van der Waals surface area contributed by atoms with Crippen molar-refractivity contribution in [1.82, 2.24) is 21.3 Å². The van der Waals surface area contributed by atoms with Crippen LogP contribution in [0, 0.1) is 0 Å². The molecule has 0 atom stereocenters. The molecule has 6 aromatic rings. The Morgan fingerprint density at radius 3 is 0.732 bits per heavy atom. The Bertz CT molecular complexity index is 1830. The van der Waals surface area contributed by atoms with E-state index >= 15 is 0 Å².